The van der Waals surface area contributed by atoms with Gasteiger partial charge in [-0.15, -0.1) is 0 Å². The topological polar surface area (TPSA) is 258 Å². The average Bonchev–Trinajstić information content (AvgIpc) is 3.19. The molecule has 318 valence electrons. The van der Waals surface area contributed by atoms with Crippen LogP contribution in [0.1, 0.15) is 0 Å². The van der Waals surface area contributed by atoms with Crippen LogP contribution in [0, 0.1) is 0 Å². The van der Waals surface area contributed by atoms with E-state index in [1.54, 1.807) is 0 Å². The Kier molecular flexibility index (Phi) is 47.6. The minimum atomic E-state index is -1.16. The van der Waals surface area contributed by atoms with Crippen LogP contribution in [0.5, 0.6) is 0 Å². The van der Waals surface area contributed by atoms with E-state index >= 15 is 0 Å². The van der Waals surface area contributed by atoms with Gasteiger partial charge in [0.25, 0.3) is 0 Å². The summed E-state index contributed by atoms with van der Waals surface area (Å²) in [6.07, 6.45) is 5.60. The van der Waals surface area contributed by atoms with Crippen LogP contribution in [0.25, 0.3) is 0 Å². The summed E-state index contributed by atoms with van der Waals surface area (Å²) in [5, 5.41) is 5.99. The third kappa shape index (κ3) is 51.1. The number of hydrogen-bond donors (Lipinski definition) is 1. The predicted octanol–water partition coefficient (Wildman–Crippen LogP) is 0.698. The standard InChI is InChI=1S/C16H22O10.C9H14O4.C7H12O4.C2Cl2O2/c1-3-13(17)23-9-5-21-7-11-25-15(19)16(20)26-12-8-22-6-10-24-14(18)4-2;1-3-9(10)13-8-7-12-6-5-11-4-2;1-2-7(9)11-6-5-10-4-3-8;3-1(5)2(4)6/h3-4H,1-2,5-12H2;3-4H,1-2,5-8H2;2,8H,1,3-6H2;. The summed E-state index contributed by atoms with van der Waals surface area (Å²) in [5.74, 6) is -4.35. The van der Waals surface area contributed by atoms with Crippen molar-refractivity contribution in [3.63, 3.8) is 0 Å². The van der Waals surface area contributed by atoms with E-state index in [2.05, 4.69) is 84.5 Å². The molecule has 20 nitrogen and oxygen atoms in total. The molecule has 0 radical (unpaired) electrons. The molecular weight excluding hydrogens is 799 g/mol. The molecule has 0 fully saturated rings. The molecule has 56 heavy (non-hydrogen) atoms. The molecule has 0 saturated carbocycles. The van der Waals surface area contributed by atoms with Crippen LogP contribution in [-0.2, 0) is 90.5 Å². The SMILES string of the molecule is C=CC(=O)OCCOCCO.C=CC(=O)OCCOCCOC(=O)C(=O)OCCOCCOC(=O)C=C.C=COCCOCCOC(=O)C=C.O=C(Cl)C(=O)Cl. The van der Waals surface area contributed by atoms with E-state index in [1.807, 2.05) is 0 Å². The highest BCUT2D eigenvalue weighted by molar-refractivity contribution is 6.97. The number of halogens is 2. The maximum Gasteiger partial charge on any atom is 0.417 e. The predicted molar refractivity (Wildman–Crippen MR) is 195 cm³/mol. The van der Waals surface area contributed by atoms with Crippen molar-refractivity contribution in [2.45, 2.75) is 0 Å². The largest absolute Gasteiger partial charge is 0.499 e. The number of ether oxygens (including phenoxy) is 11. The maximum atomic E-state index is 11.3. The average molecular weight is 848 g/mol. The molecule has 0 bridgehead atoms. The van der Waals surface area contributed by atoms with Gasteiger partial charge in [0.1, 0.15) is 46.2 Å². The van der Waals surface area contributed by atoms with Crippen molar-refractivity contribution in [1.82, 2.24) is 0 Å². The Morgan fingerprint density at radius 2 is 0.643 bits per heavy atom. The van der Waals surface area contributed by atoms with Gasteiger partial charge < -0.3 is 57.2 Å². The first-order valence-electron chi connectivity index (χ1n) is 15.8. The van der Waals surface area contributed by atoms with Crippen LogP contribution in [0.4, 0.5) is 0 Å². The Bertz CT molecular complexity index is 1130. The molecule has 0 aliphatic carbocycles. The Morgan fingerprint density at radius 1 is 0.393 bits per heavy atom. The number of hydrogen-bond acceptors (Lipinski definition) is 20. The molecule has 0 saturated heterocycles. The smallest absolute Gasteiger partial charge is 0.417 e. The maximum absolute atomic E-state index is 11.3. The Morgan fingerprint density at radius 3 is 0.875 bits per heavy atom. The summed E-state index contributed by atoms with van der Waals surface area (Å²) in [6.45, 7) is 18.6. The van der Waals surface area contributed by atoms with E-state index in [0.717, 1.165) is 24.3 Å². The van der Waals surface area contributed by atoms with Gasteiger partial charge in [-0.1, -0.05) is 32.9 Å². The molecule has 0 spiro atoms. The second-order valence-corrected chi connectivity index (χ2v) is 9.20. The molecule has 0 atom stereocenters. The molecular formula is C34H48Cl2O20. The fourth-order valence-electron chi connectivity index (χ4n) is 2.21. The first-order chi connectivity index (χ1) is 26.8. The molecule has 0 aromatic carbocycles. The minimum absolute atomic E-state index is 0.0184. The summed E-state index contributed by atoms with van der Waals surface area (Å²) in [6, 6.07) is 0. The van der Waals surface area contributed by atoms with Gasteiger partial charge in [-0.25, -0.2) is 28.8 Å². The number of esters is 6. The quantitative estimate of drug-likeness (QED) is 0.0207. The highest BCUT2D eigenvalue weighted by atomic mass is 35.5. The van der Waals surface area contributed by atoms with Crippen molar-refractivity contribution in [3.05, 3.63) is 63.5 Å². The zero-order valence-corrected chi connectivity index (χ0v) is 32.2. The number of rotatable bonds is 29. The van der Waals surface area contributed by atoms with E-state index in [9.17, 15) is 38.4 Å². The molecule has 0 aliphatic rings. The van der Waals surface area contributed by atoms with E-state index in [-0.39, 0.29) is 79.3 Å². The van der Waals surface area contributed by atoms with E-state index in [1.165, 1.54) is 6.26 Å². The van der Waals surface area contributed by atoms with Gasteiger partial charge in [0, 0.05) is 24.3 Å². The zero-order chi connectivity index (χ0) is 43.2. The number of carbonyl (C=O) groups is 8. The van der Waals surface area contributed by atoms with Gasteiger partial charge in [-0.05, 0) is 23.2 Å². The van der Waals surface area contributed by atoms with Gasteiger partial charge in [-0.3, -0.25) is 9.59 Å². The summed E-state index contributed by atoms with van der Waals surface area (Å²) in [7, 11) is 0. The Balaban J connectivity index is -0.000000373. The summed E-state index contributed by atoms with van der Waals surface area (Å²) >= 11 is 8.98. The molecule has 0 heterocycles. The van der Waals surface area contributed by atoms with Crippen LogP contribution in [0.2, 0.25) is 0 Å². The van der Waals surface area contributed by atoms with Crippen molar-refractivity contribution in [1.29, 1.82) is 0 Å². The minimum Gasteiger partial charge on any atom is -0.499 e. The molecule has 0 aromatic heterocycles. The van der Waals surface area contributed by atoms with Crippen LogP contribution in [0.3, 0.4) is 0 Å². The third-order valence-electron chi connectivity index (χ3n) is 4.50. The lowest BCUT2D eigenvalue weighted by atomic mass is 10.6. The Hall–Kier alpha value is -4.96. The van der Waals surface area contributed by atoms with Crippen molar-refractivity contribution in [2.24, 2.45) is 0 Å². The fraction of sp³-hybridized carbons (Fsp3) is 0.471. The van der Waals surface area contributed by atoms with Crippen molar-refractivity contribution >= 4 is 69.5 Å². The lowest BCUT2D eigenvalue weighted by Gasteiger charge is -2.07. The van der Waals surface area contributed by atoms with Crippen molar-refractivity contribution < 1.29 is 95.6 Å². The highest BCUT2D eigenvalue weighted by Gasteiger charge is 2.16. The van der Waals surface area contributed by atoms with Crippen molar-refractivity contribution in [2.75, 3.05) is 106 Å². The normalized spacial score (nSPS) is 9.20. The summed E-state index contributed by atoms with van der Waals surface area (Å²) in [5.41, 5.74) is 0. The highest BCUT2D eigenvalue weighted by Crippen LogP contribution is 1.89. The monoisotopic (exact) mass is 846 g/mol. The lowest BCUT2D eigenvalue weighted by Crippen LogP contribution is -2.24. The summed E-state index contributed by atoms with van der Waals surface area (Å²) in [4.78, 5) is 83.8. The molecule has 0 amide bonds. The first kappa shape index (κ1) is 57.8. The van der Waals surface area contributed by atoms with Gasteiger partial charge in [0.05, 0.1) is 65.7 Å². The van der Waals surface area contributed by atoms with Gasteiger partial charge in [0.2, 0.25) is 0 Å². The van der Waals surface area contributed by atoms with Crippen LogP contribution < -0.4 is 0 Å². The third-order valence-corrected chi connectivity index (χ3v) is 4.94. The van der Waals surface area contributed by atoms with Crippen molar-refractivity contribution in [3.8, 4) is 0 Å². The van der Waals surface area contributed by atoms with Gasteiger partial charge in [0.15, 0.2) is 0 Å². The first-order valence-corrected chi connectivity index (χ1v) is 16.6. The number of carbonyl (C=O) groups excluding carboxylic acids is 8. The van der Waals surface area contributed by atoms with Gasteiger partial charge in [-0.2, -0.15) is 0 Å². The second kappa shape index (κ2) is 46.2. The number of aliphatic hydroxyl groups is 1. The molecule has 22 heteroatoms. The molecule has 0 aromatic rings. The Labute approximate surface area is 333 Å². The molecule has 0 rings (SSSR count). The van der Waals surface area contributed by atoms with Crippen LogP contribution in [0.15, 0.2) is 63.5 Å². The molecule has 0 unspecified atom stereocenters. The summed E-state index contributed by atoms with van der Waals surface area (Å²) < 4.78 is 52.5. The lowest BCUT2D eigenvalue weighted by molar-refractivity contribution is -0.169. The van der Waals surface area contributed by atoms with Crippen LogP contribution >= 0.6 is 23.2 Å². The molecule has 0 aliphatic heterocycles. The van der Waals surface area contributed by atoms with E-state index in [4.69, 9.17) is 28.8 Å². The second-order valence-electron chi connectivity index (χ2n) is 8.52. The van der Waals surface area contributed by atoms with Gasteiger partial charge >= 0.3 is 46.3 Å². The molecule has 1 N–H and O–H groups in total. The van der Waals surface area contributed by atoms with Crippen LogP contribution in [-0.4, -0.2) is 157 Å². The number of aliphatic hydroxyl groups excluding tert-OH is 1. The fourth-order valence-corrected chi connectivity index (χ4v) is 2.21. The zero-order valence-electron chi connectivity index (χ0n) is 30.7. The van der Waals surface area contributed by atoms with E-state index < -0.39 is 46.3 Å². The van der Waals surface area contributed by atoms with E-state index in [0.29, 0.717) is 26.4 Å².